The quantitative estimate of drug-likeness (QED) is 0.887. The van der Waals surface area contributed by atoms with E-state index < -0.39 is 0 Å². The number of nitriles is 1. The second-order valence-electron chi connectivity index (χ2n) is 6.21. The molecule has 5 nitrogen and oxygen atoms in total. The second kappa shape index (κ2) is 6.31. The maximum absolute atomic E-state index is 12.0. The molecule has 2 N–H and O–H groups in total. The van der Waals surface area contributed by atoms with Crippen molar-refractivity contribution in [1.82, 2.24) is 15.2 Å². The number of nitrogens with one attached hydrogen (secondary N) is 2. The zero-order valence-electron chi connectivity index (χ0n) is 12.3. The highest BCUT2D eigenvalue weighted by Crippen LogP contribution is 2.28. The Kier molecular flexibility index (Phi) is 4.26. The van der Waals surface area contributed by atoms with Gasteiger partial charge in [0.15, 0.2) is 0 Å². The van der Waals surface area contributed by atoms with Gasteiger partial charge < -0.3 is 15.2 Å². The SMILES string of the molecule is N#Cc1c[nH]c(C(=O)NC[C@@H]2CCN(C3CCCC3)C2)c1. The summed E-state index contributed by atoms with van der Waals surface area (Å²) in [6.45, 7) is 3.01. The second-order valence-corrected chi connectivity index (χ2v) is 6.21. The first-order valence-corrected chi connectivity index (χ1v) is 7.87. The fourth-order valence-corrected chi connectivity index (χ4v) is 3.55. The molecule has 1 aliphatic carbocycles. The van der Waals surface area contributed by atoms with Gasteiger partial charge in [-0.3, -0.25) is 4.79 Å². The van der Waals surface area contributed by atoms with E-state index >= 15 is 0 Å². The van der Waals surface area contributed by atoms with Crippen LogP contribution in [0, 0.1) is 17.2 Å². The highest BCUT2D eigenvalue weighted by molar-refractivity contribution is 5.92. The lowest BCUT2D eigenvalue weighted by Gasteiger charge is -2.23. The molecule has 0 unspecified atom stereocenters. The summed E-state index contributed by atoms with van der Waals surface area (Å²) in [4.78, 5) is 17.4. The normalized spacial score (nSPS) is 23.3. The number of hydrogen-bond donors (Lipinski definition) is 2. The summed E-state index contributed by atoms with van der Waals surface area (Å²) >= 11 is 0. The molecule has 112 valence electrons. The summed E-state index contributed by atoms with van der Waals surface area (Å²) < 4.78 is 0. The van der Waals surface area contributed by atoms with Gasteiger partial charge >= 0.3 is 0 Å². The van der Waals surface area contributed by atoms with E-state index in [1.165, 1.54) is 38.6 Å². The topological polar surface area (TPSA) is 71.9 Å². The van der Waals surface area contributed by atoms with Gasteiger partial charge in [0.2, 0.25) is 0 Å². The van der Waals surface area contributed by atoms with Crippen LogP contribution in [0.4, 0.5) is 0 Å². The molecule has 1 saturated carbocycles. The third-order valence-electron chi connectivity index (χ3n) is 4.77. The Bertz CT molecular complexity index is 539. The molecule has 1 aromatic rings. The molecule has 0 bridgehead atoms. The summed E-state index contributed by atoms with van der Waals surface area (Å²) in [5, 5.41) is 11.7. The molecular formula is C16H22N4O. The van der Waals surface area contributed by atoms with Gasteiger partial charge in [-0.25, -0.2) is 0 Å². The van der Waals surface area contributed by atoms with Crippen LogP contribution in [-0.4, -0.2) is 41.5 Å². The fourth-order valence-electron chi connectivity index (χ4n) is 3.55. The first-order chi connectivity index (χ1) is 10.3. The van der Waals surface area contributed by atoms with Gasteiger partial charge in [-0.1, -0.05) is 12.8 Å². The molecule has 0 spiro atoms. The van der Waals surface area contributed by atoms with Gasteiger partial charge in [-0.05, 0) is 37.8 Å². The minimum Gasteiger partial charge on any atom is -0.356 e. The maximum Gasteiger partial charge on any atom is 0.267 e. The summed E-state index contributed by atoms with van der Waals surface area (Å²) in [5.41, 5.74) is 0.964. The van der Waals surface area contributed by atoms with Crippen molar-refractivity contribution < 1.29 is 4.79 Å². The summed E-state index contributed by atoms with van der Waals surface area (Å²) in [7, 11) is 0. The van der Waals surface area contributed by atoms with E-state index in [4.69, 9.17) is 5.26 Å². The molecule has 0 aromatic carbocycles. The smallest absolute Gasteiger partial charge is 0.267 e. The molecule has 1 atom stereocenters. The molecule has 2 aliphatic rings. The molecule has 2 fully saturated rings. The minimum atomic E-state index is -0.115. The van der Waals surface area contributed by atoms with Crippen molar-refractivity contribution in [3.63, 3.8) is 0 Å². The fraction of sp³-hybridized carbons (Fsp3) is 0.625. The Labute approximate surface area is 125 Å². The molecule has 21 heavy (non-hydrogen) atoms. The van der Waals surface area contributed by atoms with E-state index in [0.717, 1.165) is 19.1 Å². The van der Waals surface area contributed by atoms with Crippen LogP contribution in [0.1, 0.15) is 48.2 Å². The Morgan fingerprint density at radius 3 is 2.95 bits per heavy atom. The lowest BCUT2D eigenvalue weighted by Crippen LogP contribution is -2.34. The molecule has 1 amide bonds. The van der Waals surface area contributed by atoms with Gasteiger partial charge in [0.25, 0.3) is 5.91 Å². The van der Waals surface area contributed by atoms with Crippen molar-refractivity contribution in [2.24, 2.45) is 5.92 Å². The number of H-pyrrole nitrogens is 1. The Hall–Kier alpha value is -1.80. The number of nitrogens with zero attached hydrogens (tertiary/aromatic N) is 2. The number of aromatic nitrogens is 1. The van der Waals surface area contributed by atoms with Gasteiger partial charge in [-0.2, -0.15) is 5.26 Å². The van der Waals surface area contributed by atoms with Crippen molar-refractivity contribution >= 4 is 5.91 Å². The van der Waals surface area contributed by atoms with Crippen LogP contribution in [0.3, 0.4) is 0 Å². The van der Waals surface area contributed by atoms with Gasteiger partial charge in [0.05, 0.1) is 5.56 Å². The number of amides is 1. The summed E-state index contributed by atoms with van der Waals surface area (Å²) in [6, 6.07) is 4.40. The van der Waals surface area contributed by atoms with Crippen LogP contribution in [0.15, 0.2) is 12.3 Å². The molecule has 1 aromatic heterocycles. The van der Waals surface area contributed by atoms with Crippen molar-refractivity contribution in [2.45, 2.75) is 38.1 Å². The molecule has 0 radical (unpaired) electrons. The van der Waals surface area contributed by atoms with E-state index in [1.54, 1.807) is 12.3 Å². The predicted molar refractivity (Wildman–Crippen MR) is 79.8 cm³/mol. The number of rotatable bonds is 4. The van der Waals surface area contributed by atoms with Crippen LogP contribution in [0.5, 0.6) is 0 Å². The van der Waals surface area contributed by atoms with Crippen LogP contribution in [0.25, 0.3) is 0 Å². The van der Waals surface area contributed by atoms with Crippen molar-refractivity contribution in [2.75, 3.05) is 19.6 Å². The molecular weight excluding hydrogens is 264 g/mol. The Morgan fingerprint density at radius 1 is 1.43 bits per heavy atom. The number of carbonyl (C=O) groups is 1. The Balaban J connectivity index is 1.45. The van der Waals surface area contributed by atoms with E-state index in [-0.39, 0.29) is 5.91 Å². The highest BCUT2D eigenvalue weighted by Gasteiger charge is 2.29. The molecule has 2 heterocycles. The Morgan fingerprint density at radius 2 is 2.24 bits per heavy atom. The average molecular weight is 286 g/mol. The van der Waals surface area contributed by atoms with E-state index in [2.05, 4.69) is 15.2 Å². The summed E-state index contributed by atoms with van der Waals surface area (Å²) in [5.74, 6) is 0.441. The average Bonchev–Trinajstić information content (AvgIpc) is 3.24. The first-order valence-electron chi connectivity index (χ1n) is 7.87. The van der Waals surface area contributed by atoms with Crippen LogP contribution in [0.2, 0.25) is 0 Å². The molecule has 1 saturated heterocycles. The van der Waals surface area contributed by atoms with Crippen LogP contribution < -0.4 is 5.32 Å². The molecule has 1 aliphatic heterocycles. The third kappa shape index (κ3) is 3.27. The highest BCUT2D eigenvalue weighted by atomic mass is 16.1. The lowest BCUT2D eigenvalue weighted by atomic mass is 10.1. The lowest BCUT2D eigenvalue weighted by molar-refractivity contribution is 0.0942. The number of likely N-dealkylation sites (tertiary alicyclic amines) is 1. The zero-order chi connectivity index (χ0) is 14.7. The monoisotopic (exact) mass is 286 g/mol. The third-order valence-corrected chi connectivity index (χ3v) is 4.77. The maximum atomic E-state index is 12.0. The largest absolute Gasteiger partial charge is 0.356 e. The van der Waals surface area contributed by atoms with Gasteiger partial charge in [0, 0.05) is 25.3 Å². The number of aromatic amines is 1. The predicted octanol–water partition coefficient (Wildman–Crippen LogP) is 1.88. The van der Waals surface area contributed by atoms with E-state index in [1.807, 2.05) is 6.07 Å². The van der Waals surface area contributed by atoms with Crippen molar-refractivity contribution in [3.8, 4) is 6.07 Å². The standard InChI is InChI=1S/C16H22N4O/c17-8-13-7-15(18-10-13)16(21)19-9-12-5-6-20(11-12)14-3-1-2-4-14/h7,10,12,14,18H,1-6,9,11H2,(H,19,21)/t12-/m0/s1. The van der Waals surface area contributed by atoms with E-state index in [9.17, 15) is 4.79 Å². The van der Waals surface area contributed by atoms with Crippen LogP contribution >= 0.6 is 0 Å². The number of carbonyl (C=O) groups excluding carboxylic acids is 1. The molecule has 5 heteroatoms. The van der Waals surface area contributed by atoms with Gasteiger partial charge in [0.1, 0.15) is 11.8 Å². The minimum absolute atomic E-state index is 0.115. The van der Waals surface area contributed by atoms with Gasteiger partial charge in [-0.15, -0.1) is 0 Å². The first kappa shape index (κ1) is 14.2. The molecule has 3 rings (SSSR count). The zero-order valence-corrected chi connectivity index (χ0v) is 12.3. The number of hydrogen-bond acceptors (Lipinski definition) is 3. The summed E-state index contributed by atoms with van der Waals surface area (Å²) in [6.07, 6.45) is 8.17. The van der Waals surface area contributed by atoms with Crippen molar-refractivity contribution in [1.29, 1.82) is 5.26 Å². The van der Waals surface area contributed by atoms with Crippen molar-refractivity contribution in [3.05, 3.63) is 23.5 Å². The van der Waals surface area contributed by atoms with Crippen LogP contribution in [-0.2, 0) is 0 Å². The van der Waals surface area contributed by atoms with E-state index in [0.29, 0.717) is 17.2 Å².